The molecule has 1 aliphatic rings. The quantitative estimate of drug-likeness (QED) is 0.511. The van der Waals surface area contributed by atoms with Gasteiger partial charge < -0.3 is 10.2 Å². The Labute approximate surface area is 75.9 Å². The Morgan fingerprint density at radius 3 is 2.23 bits per heavy atom. The Bertz CT molecular complexity index is 263. The maximum absolute atomic E-state index is 10.8. The molecular formula is C9H12O4. The maximum atomic E-state index is 10.8. The Morgan fingerprint density at radius 2 is 1.92 bits per heavy atom. The number of allylic oxidation sites excluding steroid dienone is 1. The van der Waals surface area contributed by atoms with Gasteiger partial charge in [-0.2, -0.15) is 0 Å². The van der Waals surface area contributed by atoms with E-state index < -0.39 is 17.4 Å². The van der Waals surface area contributed by atoms with Crippen LogP contribution in [0.3, 0.4) is 0 Å². The standard InChI is InChI=1S/C9H12O4/c1-9(7(10)11,8(12)13)6-4-2-3-5-6/h4H,2-3,5H2,1H3,(H,10,11)(H,12,13). The van der Waals surface area contributed by atoms with Gasteiger partial charge in [-0.15, -0.1) is 0 Å². The van der Waals surface area contributed by atoms with Crippen molar-refractivity contribution < 1.29 is 19.8 Å². The van der Waals surface area contributed by atoms with Crippen LogP contribution in [-0.4, -0.2) is 22.2 Å². The molecule has 1 aliphatic carbocycles. The van der Waals surface area contributed by atoms with Crippen LogP contribution in [-0.2, 0) is 9.59 Å². The first-order chi connectivity index (χ1) is 5.99. The van der Waals surface area contributed by atoms with Crippen molar-refractivity contribution in [2.45, 2.75) is 26.2 Å². The second-order valence-corrected chi connectivity index (χ2v) is 3.36. The Hall–Kier alpha value is -1.32. The summed E-state index contributed by atoms with van der Waals surface area (Å²) in [6.07, 6.45) is 3.94. The van der Waals surface area contributed by atoms with E-state index in [1.54, 1.807) is 6.08 Å². The number of hydrogen-bond acceptors (Lipinski definition) is 2. The molecule has 13 heavy (non-hydrogen) atoms. The van der Waals surface area contributed by atoms with E-state index in [0.29, 0.717) is 12.0 Å². The molecule has 0 amide bonds. The number of hydrogen-bond donors (Lipinski definition) is 2. The number of carboxylic acid groups (broad SMARTS) is 2. The van der Waals surface area contributed by atoms with E-state index in [1.807, 2.05) is 0 Å². The van der Waals surface area contributed by atoms with Crippen LogP contribution in [0.5, 0.6) is 0 Å². The minimum Gasteiger partial charge on any atom is -0.480 e. The molecule has 2 N–H and O–H groups in total. The molecule has 0 fully saturated rings. The Balaban J connectivity index is 3.04. The molecule has 0 atom stereocenters. The summed E-state index contributed by atoms with van der Waals surface area (Å²) in [6, 6.07) is 0. The lowest BCUT2D eigenvalue weighted by Gasteiger charge is -2.20. The molecule has 4 nitrogen and oxygen atoms in total. The Kier molecular flexibility index (Phi) is 2.40. The SMILES string of the molecule is CC(C(=O)O)(C(=O)O)C1=CCCC1. The van der Waals surface area contributed by atoms with Crippen LogP contribution >= 0.6 is 0 Å². The number of carboxylic acids is 2. The van der Waals surface area contributed by atoms with E-state index in [4.69, 9.17) is 10.2 Å². The van der Waals surface area contributed by atoms with Gasteiger partial charge in [0, 0.05) is 0 Å². The molecule has 72 valence electrons. The fourth-order valence-corrected chi connectivity index (χ4v) is 1.49. The van der Waals surface area contributed by atoms with Crippen molar-refractivity contribution in [2.24, 2.45) is 5.41 Å². The summed E-state index contributed by atoms with van der Waals surface area (Å²) < 4.78 is 0. The van der Waals surface area contributed by atoms with Crippen molar-refractivity contribution >= 4 is 11.9 Å². The van der Waals surface area contributed by atoms with Gasteiger partial charge in [0.1, 0.15) is 0 Å². The average Bonchev–Trinajstić information content (AvgIpc) is 2.54. The molecule has 0 unspecified atom stereocenters. The van der Waals surface area contributed by atoms with E-state index in [2.05, 4.69) is 0 Å². The first kappa shape index (κ1) is 9.77. The highest BCUT2D eigenvalue weighted by molar-refractivity contribution is 6.01. The molecule has 0 heterocycles. The predicted molar refractivity (Wildman–Crippen MR) is 45.3 cm³/mol. The van der Waals surface area contributed by atoms with Crippen molar-refractivity contribution in [2.75, 3.05) is 0 Å². The fourth-order valence-electron chi connectivity index (χ4n) is 1.49. The molecule has 0 bridgehead atoms. The van der Waals surface area contributed by atoms with Gasteiger partial charge in [0.15, 0.2) is 5.41 Å². The van der Waals surface area contributed by atoms with Crippen molar-refractivity contribution in [3.63, 3.8) is 0 Å². The normalized spacial score (nSPS) is 16.8. The van der Waals surface area contributed by atoms with Crippen molar-refractivity contribution in [1.82, 2.24) is 0 Å². The molecule has 0 aromatic carbocycles. The first-order valence-corrected chi connectivity index (χ1v) is 4.16. The summed E-state index contributed by atoms with van der Waals surface area (Å²) in [4.78, 5) is 21.7. The zero-order chi connectivity index (χ0) is 10.1. The van der Waals surface area contributed by atoms with E-state index >= 15 is 0 Å². The zero-order valence-corrected chi connectivity index (χ0v) is 7.41. The van der Waals surface area contributed by atoms with Crippen molar-refractivity contribution in [3.8, 4) is 0 Å². The molecule has 0 aromatic rings. The van der Waals surface area contributed by atoms with Crippen LogP contribution in [0.2, 0.25) is 0 Å². The van der Waals surface area contributed by atoms with Crippen molar-refractivity contribution in [3.05, 3.63) is 11.6 Å². The van der Waals surface area contributed by atoms with Crippen LogP contribution in [0.15, 0.2) is 11.6 Å². The van der Waals surface area contributed by atoms with Crippen LogP contribution < -0.4 is 0 Å². The number of rotatable bonds is 3. The zero-order valence-electron chi connectivity index (χ0n) is 7.41. The summed E-state index contributed by atoms with van der Waals surface area (Å²) >= 11 is 0. The van der Waals surface area contributed by atoms with Gasteiger partial charge in [-0.25, -0.2) is 0 Å². The summed E-state index contributed by atoms with van der Waals surface area (Å²) in [5, 5.41) is 17.7. The molecule has 4 heteroatoms. The third-order valence-electron chi connectivity index (χ3n) is 2.54. The van der Waals surface area contributed by atoms with Gasteiger partial charge >= 0.3 is 11.9 Å². The second-order valence-electron chi connectivity index (χ2n) is 3.36. The van der Waals surface area contributed by atoms with Crippen molar-refractivity contribution in [1.29, 1.82) is 0 Å². The Morgan fingerprint density at radius 1 is 1.38 bits per heavy atom. The average molecular weight is 184 g/mol. The minimum absolute atomic E-state index is 0.521. The lowest BCUT2D eigenvalue weighted by molar-refractivity contribution is -0.160. The lowest BCUT2D eigenvalue weighted by atomic mass is 9.82. The van der Waals surface area contributed by atoms with Gasteiger partial charge in [-0.05, 0) is 31.8 Å². The molecule has 0 aliphatic heterocycles. The highest BCUT2D eigenvalue weighted by atomic mass is 16.4. The lowest BCUT2D eigenvalue weighted by Crippen LogP contribution is -2.37. The monoisotopic (exact) mass is 184 g/mol. The third-order valence-corrected chi connectivity index (χ3v) is 2.54. The molecule has 0 saturated carbocycles. The van der Waals surface area contributed by atoms with Crippen LogP contribution in [0, 0.1) is 5.41 Å². The van der Waals surface area contributed by atoms with Gasteiger partial charge in [0.2, 0.25) is 0 Å². The molecule has 0 spiro atoms. The summed E-state index contributed by atoms with van der Waals surface area (Å²) in [7, 11) is 0. The summed E-state index contributed by atoms with van der Waals surface area (Å²) in [5.41, 5.74) is -1.20. The fraction of sp³-hybridized carbons (Fsp3) is 0.556. The largest absolute Gasteiger partial charge is 0.480 e. The highest BCUT2D eigenvalue weighted by Gasteiger charge is 2.45. The summed E-state index contributed by atoms with van der Waals surface area (Å²) in [6.45, 7) is 1.24. The number of aliphatic carboxylic acids is 2. The van der Waals surface area contributed by atoms with Crippen LogP contribution in [0.4, 0.5) is 0 Å². The van der Waals surface area contributed by atoms with Gasteiger partial charge in [-0.3, -0.25) is 9.59 Å². The number of carbonyl (C=O) groups is 2. The second kappa shape index (κ2) is 3.20. The molecular weight excluding hydrogens is 172 g/mol. The summed E-state index contributed by atoms with van der Waals surface area (Å²) in [5.74, 6) is -2.57. The molecule has 1 rings (SSSR count). The van der Waals surface area contributed by atoms with E-state index in [1.165, 1.54) is 6.92 Å². The van der Waals surface area contributed by atoms with E-state index in [0.717, 1.165) is 12.8 Å². The third kappa shape index (κ3) is 1.43. The smallest absolute Gasteiger partial charge is 0.324 e. The van der Waals surface area contributed by atoms with Gasteiger partial charge in [-0.1, -0.05) is 6.08 Å². The predicted octanol–water partition coefficient (Wildman–Crippen LogP) is 1.27. The first-order valence-electron chi connectivity index (χ1n) is 4.16. The topological polar surface area (TPSA) is 74.6 Å². The maximum Gasteiger partial charge on any atom is 0.324 e. The minimum atomic E-state index is -1.73. The van der Waals surface area contributed by atoms with Crippen LogP contribution in [0.25, 0.3) is 0 Å². The van der Waals surface area contributed by atoms with E-state index in [-0.39, 0.29) is 0 Å². The van der Waals surface area contributed by atoms with Crippen LogP contribution in [0.1, 0.15) is 26.2 Å². The van der Waals surface area contributed by atoms with Gasteiger partial charge in [0.05, 0.1) is 0 Å². The van der Waals surface area contributed by atoms with Gasteiger partial charge in [0.25, 0.3) is 0 Å². The van der Waals surface area contributed by atoms with E-state index in [9.17, 15) is 9.59 Å². The molecule has 0 aromatic heterocycles. The molecule has 0 radical (unpaired) electrons. The molecule has 0 saturated heterocycles. The highest BCUT2D eigenvalue weighted by Crippen LogP contribution is 2.35.